The monoisotopic (exact) mass is 321 g/mol. The van der Waals surface area contributed by atoms with E-state index in [4.69, 9.17) is 9.84 Å². The molecule has 0 radical (unpaired) electrons. The number of aliphatic carboxylic acids is 1. The van der Waals surface area contributed by atoms with E-state index in [1.807, 2.05) is 40.6 Å². The second-order valence-corrected chi connectivity index (χ2v) is 6.53. The molecule has 2 aliphatic rings. The Balaban J connectivity index is 1.83. The molecule has 1 aromatic heterocycles. The van der Waals surface area contributed by atoms with Crippen molar-refractivity contribution < 1.29 is 19.4 Å². The van der Waals surface area contributed by atoms with Gasteiger partial charge in [0.05, 0.1) is 31.4 Å². The van der Waals surface area contributed by atoms with Gasteiger partial charge in [-0.2, -0.15) is 0 Å². The third kappa shape index (κ3) is 3.25. The Morgan fingerprint density at radius 2 is 2.09 bits per heavy atom. The first kappa shape index (κ1) is 16.0. The van der Waals surface area contributed by atoms with E-state index in [9.17, 15) is 9.59 Å². The normalized spacial score (nSPS) is 25.2. The van der Waals surface area contributed by atoms with Crippen molar-refractivity contribution >= 4 is 11.9 Å². The van der Waals surface area contributed by atoms with Gasteiger partial charge < -0.3 is 19.3 Å². The van der Waals surface area contributed by atoms with Gasteiger partial charge in [0.1, 0.15) is 0 Å². The first-order chi connectivity index (χ1) is 11.0. The summed E-state index contributed by atoms with van der Waals surface area (Å²) in [6.45, 7) is 4.80. The molecular formula is C16H23N3O4. The SMILES string of the molecule is Cc1c(C(=O)N2C[C@H]3COC[C@@H]2CN(CC(=O)O)C3)ccn1C. The number of carbonyl (C=O) groups excluding carboxylic acids is 1. The van der Waals surface area contributed by atoms with E-state index in [0.29, 0.717) is 38.4 Å². The summed E-state index contributed by atoms with van der Waals surface area (Å²) in [6.07, 6.45) is 1.89. The van der Waals surface area contributed by atoms with Crippen LogP contribution >= 0.6 is 0 Å². The van der Waals surface area contributed by atoms with Crippen molar-refractivity contribution in [1.29, 1.82) is 0 Å². The third-order valence-electron chi connectivity index (χ3n) is 4.78. The zero-order valence-electron chi connectivity index (χ0n) is 13.6. The molecule has 0 aliphatic carbocycles. The molecule has 2 aliphatic heterocycles. The number of hydrogen-bond acceptors (Lipinski definition) is 4. The fourth-order valence-corrected chi connectivity index (χ4v) is 3.50. The van der Waals surface area contributed by atoms with Crippen LogP contribution in [0.1, 0.15) is 16.1 Å². The van der Waals surface area contributed by atoms with Crippen molar-refractivity contribution in [1.82, 2.24) is 14.4 Å². The molecule has 0 unspecified atom stereocenters. The van der Waals surface area contributed by atoms with Gasteiger partial charge in [0.15, 0.2) is 0 Å². The highest BCUT2D eigenvalue weighted by Gasteiger charge is 2.37. The average molecular weight is 321 g/mol. The van der Waals surface area contributed by atoms with Crippen LogP contribution in [0.25, 0.3) is 0 Å². The summed E-state index contributed by atoms with van der Waals surface area (Å²) >= 11 is 0. The lowest BCUT2D eigenvalue weighted by atomic mass is 10.1. The van der Waals surface area contributed by atoms with Crippen LogP contribution in [0.5, 0.6) is 0 Å². The van der Waals surface area contributed by atoms with Gasteiger partial charge in [-0.25, -0.2) is 0 Å². The Bertz CT molecular complexity index is 612. The largest absolute Gasteiger partial charge is 0.480 e. The molecule has 0 saturated carbocycles. The van der Waals surface area contributed by atoms with Crippen molar-refractivity contribution in [2.45, 2.75) is 13.0 Å². The van der Waals surface area contributed by atoms with Crippen molar-refractivity contribution in [2.24, 2.45) is 13.0 Å². The van der Waals surface area contributed by atoms with Crippen molar-refractivity contribution in [2.75, 3.05) is 39.4 Å². The quantitative estimate of drug-likeness (QED) is 0.860. The molecule has 1 aromatic rings. The highest BCUT2D eigenvalue weighted by molar-refractivity contribution is 5.95. The number of hydrogen-bond donors (Lipinski definition) is 1. The van der Waals surface area contributed by atoms with E-state index in [-0.39, 0.29) is 24.4 Å². The summed E-state index contributed by atoms with van der Waals surface area (Å²) in [5.41, 5.74) is 1.65. The summed E-state index contributed by atoms with van der Waals surface area (Å²) in [7, 11) is 1.92. The van der Waals surface area contributed by atoms with Gasteiger partial charge in [0.25, 0.3) is 5.91 Å². The number of nitrogens with zero attached hydrogens (tertiary/aromatic N) is 3. The summed E-state index contributed by atoms with van der Waals surface area (Å²) < 4.78 is 7.63. The second-order valence-electron chi connectivity index (χ2n) is 6.53. The number of amides is 1. The number of aryl methyl sites for hydroxylation is 1. The van der Waals surface area contributed by atoms with Gasteiger partial charge in [-0.3, -0.25) is 14.5 Å². The lowest BCUT2D eigenvalue weighted by Gasteiger charge is -2.30. The van der Waals surface area contributed by atoms with Crippen molar-refractivity contribution in [3.63, 3.8) is 0 Å². The summed E-state index contributed by atoms with van der Waals surface area (Å²) in [5, 5.41) is 9.06. The Labute approximate surface area is 135 Å². The van der Waals surface area contributed by atoms with Crippen LogP contribution in [-0.2, 0) is 16.6 Å². The molecule has 3 heterocycles. The maximum absolute atomic E-state index is 13.0. The Morgan fingerprint density at radius 1 is 1.30 bits per heavy atom. The number of carboxylic acids is 1. The molecule has 7 heteroatoms. The van der Waals surface area contributed by atoms with Crippen LogP contribution in [0.15, 0.2) is 12.3 Å². The fraction of sp³-hybridized carbons (Fsp3) is 0.625. The van der Waals surface area contributed by atoms with Crippen LogP contribution in [0.3, 0.4) is 0 Å². The fourth-order valence-electron chi connectivity index (χ4n) is 3.50. The second kappa shape index (κ2) is 6.33. The van der Waals surface area contributed by atoms with Crippen LogP contribution in [-0.4, -0.2) is 76.8 Å². The summed E-state index contributed by atoms with van der Waals surface area (Å²) in [5.74, 6) is -0.668. The molecule has 2 atom stereocenters. The van der Waals surface area contributed by atoms with Gasteiger partial charge in [-0.1, -0.05) is 0 Å². The van der Waals surface area contributed by atoms with E-state index >= 15 is 0 Å². The Morgan fingerprint density at radius 3 is 2.74 bits per heavy atom. The Kier molecular flexibility index (Phi) is 4.41. The standard InChI is InChI=1S/C16H23N3O4/c1-11-14(3-4-17(11)2)16(22)19-6-12-5-18(8-15(20)21)7-13(19)10-23-9-12/h3-4,12-13H,5-10H2,1-2H3,(H,20,21)/t12-,13-/m0/s1. The lowest BCUT2D eigenvalue weighted by molar-refractivity contribution is -0.138. The third-order valence-corrected chi connectivity index (χ3v) is 4.78. The van der Waals surface area contributed by atoms with Gasteiger partial charge in [-0.05, 0) is 13.0 Å². The maximum atomic E-state index is 13.0. The summed E-state index contributed by atoms with van der Waals surface area (Å²) in [6, 6.07) is 1.75. The van der Waals surface area contributed by atoms with Crippen LogP contribution in [0.4, 0.5) is 0 Å². The number of aromatic nitrogens is 1. The summed E-state index contributed by atoms with van der Waals surface area (Å²) in [4.78, 5) is 27.8. The maximum Gasteiger partial charge on any atom is 0.317 e. The van der Waals surface area contributed by atoms with Crippen LogP contribution < -0.4 is 0 Å². The first-order valence-corrected chi connectivity index (χ1v) is 7.90. The van der Waals surface area contributed by atoms with E-state index in [1.54, 1.807) is 0 Å². The minimum atomic E-state index is -0.831. The van der Waals surface area contributed by atoms with Crippen LogP contribution in [0.2, 0.25) is 0 Å². The van der Waals surface area contributed by atoms with Gasteiger partial charge in [0, 0.05) is 44.5 Å². The van der Waals surface area contributed by atoms with E-state index in [0.717, 1.165) is 5.69 Å². The zero-order valence-corrected chi connectivity index (χ0v) is 13.6. The lowest BCUT2D eigenvalue weighted by Crippen LogP contribution is -2.47. The highest BCUT2D eigenvalue weighted by atomic mass is 16.5. The zero-order chi connectivity index (χ0) is 16.6. The molecule has 0 aromatic carbocycles. The molecule has 1 N–H and O–H groups in total. The number of ether oxygens (including phenoxy) is 1. The number of fused-ring (bicyclic) bond motifs is 3. The van der Waals surface area contributed by atoms with Crippen molar-refractivity contribution in [3.05, 3.63) is 23.5 Å². The molecule has 2 saturated heterocycles. The molecule has 7 nitrogen and oxygen atoms in total. The minimum absolute atomic E-state index is 0.0133. The smallest absolute Gasteiger partial charge is 0.317 e. The van der Waals surface area contributed by atoms with E-state index in [1.165, 1.54) is 0 Å². The molecule has 3 rings (SSSR count). The highest BCUT2D eigenvalue weighted by Crippen LogP contribution is 2.23. The number of rotatable bonds is 3. The molecule has 0 spiro atoms. The predicted molar refractivity (Wildman–Crippen MR) is 83.4 cm³/mol. The topological polar surface area (TPSA) is 75.0 Å². The van der Waals surface area contributed by atoms with E-state index < -0.39 is 5.97 Å². The van der Waals surface area contributed by atoms with Gasteiger partial charge >= 0.3 is 5.97 Å². The van der Waals surface area contributed by atoms with Crippen LogP contribution in [0, 0.1) is 12.8 Å². The van der Waals surface area contributed by atoms with Gasteiger partial charge in [0.2, 0.25) is 0 Å². The molecule has 1 amide bonds. The molecule has 126 valence electrons. The predicted octanol–water partition coefficient (Wildman–Crippen LogP) is 0.191. The van der Waals surface area contributed by atoms with Crippen molar-refractivity contribution in [3.8, 4) is 0 Å². The minimum Gasteiger partial charge on any atom is -0.480 e. The molecule has 2 fully saturated rings. The Hall–Kier alpha value is -1.86. The number of carboxylic acid groups (broad SMARTS) is 1. The number of carbonyl (C=O) groups is 2. The molecule has 2 bridgehead atoms. The van der Waals surface area contributed by atoms with E-state index in [2.05, 4.69) is 0 Å². The first-order valence-electron chi connectivity index (χ1n) is 7.90. The molecular weight excluding hydrogens is 298 g/mol. The van der Waals surface area contributed by atoms with Gasteiger partial charge in [-0.15, -0.1) is 0 Å². The average Bonchev–Trinajstić information content (AvgIpc) is 2.65. The molecule has 23 heavy (non-hydrogen) atoms.